The van der Waals surface area contributed by atoms with Crippen LogP contribution in [-0.4, -0.2) is 33.2 Å². The van der Waals surface area contributed by atoms with Gasteiger partial charge in [-0.2, -0.15) is 0 Å². The van der Waals surface area contributed by atoms with Gasteiger partial charge in [0.25, 0.3) is 0 Å². The Labute approximate surface area is 205 Å². The molecule has 0 fully saturated rings. The highest BCUT2D eigenvalue weighted by Crippen LogP contribution is 2.17. The van der Waals surface area contributed by atoms with Crippen molar-refractivity contribution in [1.29, 1.82) is 0 Å². The van der Waals surface area contributed by atoms with E-state index in [9.17, 15) is 13.9 Å². The molecule has 0 spiro atoms. The maximum absolute atomic E-state index is 13.4. The van der Waals surface area contributed by atoms with Crippen LogP contribution in [0.5, 0.6) is 0 Å². The summed E-state index contributed by atoms with van der Waals surface area (Å²) in [6.45, 7) is -0.710. The summed E-state index contributed by atoms with van der Waals surface area (Å²) in [6, 6.07) is 27.9. The predicted molar refractivity (Wildman–Crippen MR) is 138 cm³/mol. The minimum absolute atomic E-state index is 0.294. The van der Waals surface area contributed by atoms with E-state index in [1.54, 1.807) is 38.5 Å². The lowest BCUT2D eigenvalue weighted by atomic mass is 9.55. The van der Waals surface area contributed by atoms with E-state index in [1.807, 2.05) is 48.5 Å². The minimum Gasteiger partial charge on any atom is -0.430 e. The Kier molecular flexibility index (Phi) is 8.13. The first-order chi connectivity index (χ1) is 17.0. The summed E-state index contributed by atoms with van der Waals surface area (Å²) in [7, 11) is 3.23. The van der Waals surface area contributed by atoms with E-state index < -0.39 is 6.10 Å². The Morgan fingerprint density at radius 2 is 1.14 bits per heavy atom. The Hall–Kier alpha value is -3.25. The molecule has 3 nitrogen and oxygen atoms in total. The molecule has 0 aliphatic rings. The monoisotopic (exact) mass is 470 g/mol. The molecule has 1 unspecified atom stereocenters. The van der Waals surface area contributed by atoms with Gasteiger partial charge in [-0.1, -0.05) is 72.8 Å². The van der Waals surface area contributed by atoms with Crippen molar-refractivity contribution in [2.24, 2.45) is 0 Å². The number of hydrogen-bond acceptors (Lipinski definition) is 3. The van der Waals surface area contributed by atoms with Crippen molar-refractivity contribution >= 4 is 35.7 Å². The van der Waals surface area contributed by atoms with Gasteiger partial charge in [-0.15, -0.1) is 0 Å². The Bertz CT molecular complexity index is 1250. The van der Waals surface area contributed by atoms with E-state index >= 15 is 0 Å². The fourth-order valence-corrected chi connectivity index (χ4v) is 4.36. The first-order valence-corrected chi connectivity index (χ1v) is 11.4. The Balaban J connectivity index is 1.53. The number of rotatable bonds is 9. The number of aliphatic hydroxyl groups is 1. The largest absolute Gasteiger partial charge is 0.430 e. The van der Waals surface area contributed by atoms with Crippen molar-refractivity contribution in [2.75, 3.05) is 14.2 Å². The van der Waals surface area contributed by atoms with E-state index in [0.29, 0.717) is 6.42 Å². The van der Waals surface area contributed by atoms with E-state index in [1.165, 1.54) is 24.3 Å². The Morgan fingerprint density at radius 1 is 0.657 bits per heavy atom. The van der Waals surface area contributed by atoms with Crippen LogP contribution in [0.25, 0.3) is 0 Å². The van der Waals surface area contributed by atoms with E-state index in [2.05, 4.69) is 0 Å². The van der Waals surface area contributed by atoms with Gasteiger partial charge in [-0.05, 0) is 57.2 Å². The molecule has 0 radical (unpaired) electrons. The quantitative estimate of drug-likeness (QED) is 0.383. The van der Waals surface area contributed by atoms with Crippen LogP contribution in [0.15, 0.2) is 97.1 Å². The van der Waals surface area contributed by atoms with Gasteiger partial charge >= 0.3 is 13.8 Å². The van der Waals surface area contributed by atoms with Gasteiger partial charge in [0.05, 0.1) is 6.10 Å². The zero-order valence-corrected chi connectivity index (χ0v) is 19.7. The molecule has 0 saturated heterocycles. The molecular formula is C28H26B2F2O3. The molecule has 0 heterocycles. The molecule has 0 amide bonds. The number of hydrogen-bond donors (Lipinski definition) is 1. The average molecular weight is 470 g/mol. The lowest BCUT2D eigenvalue weighted by Gasteiger charge is -2.17. The van der Waals surface area contributed by atoms with Crippen LogP contribution < -0.4 is 21.9 Å². The van der Waals surface area contributed by atoms with Gasteiger partial charge in [-0.25, -0.2) is 8.78 Å². The van der Waals surface area contributed by atoms with Gasteiger partial charge in [-0.3, -0.25) is 0 Å². The molecule has 0 bridgehead atoms. The molecule has 0 saturated carbocycles. The molecule has 0 aromatic heterocycles. The second-order valence-electron chi connectivity index (χ2n) is 8.47. The summed E-state index contributed by atoms with van der Waals surface area (Å²) in [6.07, 6.45) is -0.325. The summed E-state index contributed by atoms with van der Waals surface area (Å²) in [4.78, 5) is 0. The highest BCUT2D eigenvalue weighted by molar-refractivity contribution is 6.80. The zero-order chi connectivity index (χ0) is 24.8. The number of halogens is 2. The van der Waals surface area contributed by atoms with Gasteiger partial charge in [0.1, 0.15) is 11.6 Å². The van der Waals surface area contributed by atoms with Gasteiger partial charge in [0.2, 0.25) is 0 Å². The zero-order valence-electron chi connectivity index (χ0n) is 19.7. The molecule has 1 atom stereocenters. The summed E-state index contributed by atoms with van der Waals surface area (Å²) in [5.41, 5.74) is 5.20. The molecule has 4 aromatic rings. The van der Waals surface area contributed by atoms with Gasteiger partial charge in [0.15, 0.2) is 0 Å². The first-order valence-electron chi connectivity index (χ1n) is 11.4. The number of aliphatic hydroxyl groups excluding tert-OH is 1. The van der Waals surface area contributed by atoms with Crippen molar-refractivity contribution in [3.63, 3.8) is 0 Å². The van der Waals surface area contributed by atoms with Crippen LogP contribution in [0.2, 0.25) is 0 Å². The third-order valence-corrected chi connectivity index (χ3v) is 6.10. The molecule has 0 aliphatic heterocycles. The lowest BCUT2D eigenvalue weighted by molar-refractivity contribution is 0.178. The van der Waals surface area contributed by atoms with Crippen molar-refractivity contribution in [1.82, 2.24) is 0 Å². The van der Waals surface area contributed by atoms with Crippen LogP contribution in [0.1, 0.15) is 17.2 Å². The number of benzene rings is 4. The van der Waals surface area contributed by atoms with Crippen LogP contribution in [0.3, 0.4) is 0 Å². The van der Waals surface area contributed by atoms with E-state index in [-0.39, 0.29) is 25.5 Å². The summed E-state index contributed by atoms with van der Waals surface area (Å²) >= 11 is 0. The van der Waals surface area contributed by atoms with Crippen LogP contribution in [-0.2, 0) is 15.7 Å². The Morgan fingerprint density at radius 3 is 1.66 bits per heavy atom. The second-order valence-corrected chi connectivity index (χ2v) is 8.47. The second kappa shape index (κ2) is 11.5. The molecule has 1 N–H and O–H groups in total. The van der Waals surface area contributed by atoms with Crippen molar-refractivity contribution in [3.05, 3.63) is 120 Å². The average Bonchev–Trinajstić information content (AvgIpc) is 2.88. The molecule has 7 heteroatoms. The van der Waals surface area contributed by atoms with Crippen molar-refractivity contribution < 1.29 is 23.2 Å². The van der Waals surface area contributed by atoms with Gasteiger partial charge in [0, 0.05) is 20.6 Å². The van der Waals surface area contributed by atoms with Gasteiger partial charge < -0.3 is 14.4 Å². The molecule has 176 valence electrons. The lowest BCUT2D eigenvalue weighted by Crippen LogP contribution is -2.44. The third kappa shape index (κ3) is 6.06. The standard InChI is InChI=1S/C28H26B2F2O3/c1-34-29(22-9-13-26(31)14-10-22)24-7-3-5-20(17-24)18-28(33)21-6-4-8-25(19-21)30(35-2)23-11-15-27(32)16-12-23/h3-17,19,28,33H,18H2,1-2H3. The maximum atomic E-state index is 13.4. The van der Waals surface area contributed by atoms with Crippen molar-refractivity contribution in [2.45, 2.75) is 12.5 Å². The maximum Gasteiger partial charge on any atom is 0.361 e. The first kappa shape index (κ1) is 24.9. The predicted octanol–water partition coefficient (Wildman–Crippen LogP) is 2.75. The van der Waals surface area contributed by atoms with E-state index in [0.717, 1.165) is 33.0 Å². The fraction of sp³-hybridized carbons (Fsp3) is 0.143. The molecule has 35 heavy (non-hydrogen) atoms. The summed E-state index contributed by atoms with van der Waals surface area (Å²) in [5, 5.41) is 11.0. The highest BCUT2D eigenvalue weighted by Gasteiger charge is 2.23. The smallest absolute Gasteiger partial charge is 0.361 e. The van der Waals surface area contributed by atoms with Crippen LogP contribution in [0.4, 0.5) is 8.78 Å². The van der Waals surface area contributed by atoms with Crippen LogP contribution in [0, 0.1) is 11.6 Å². The summed E-state index contributed by atoms with van der Waals surface area (Å²) < 4.78 is 38.1. The minimum atomic E-state index is -0.734. The summed E-state index contributed by atoms with van der Waals surface area (Å²) in [5.74, 6) is -0.594. The molecule has 4 aromatic carbocycles. The fourth-order valence-electron chi connectivity index (χ4n) is 4.36. The topological polar surface area (TPSA) is 38.7 Å². The third-order valence-electron chi connectivity index (χ3n) is 6.10. The normalized spacial score (nSPS) is 11.8. The SMILES string of the molecule is COB(c1ccc(F)cc1)c1cccc(CC(O)c2cccc(B(OC)c3ccc(F)cc3)c2)c1. The van der Waals surface area contributed by atoms with E-state index in [4.69, 9.17) is 9.31 Å². The van der Waals surface area contributed by atoms with Crippen molar-refractivity contribution in [3.8, 4) is 0 Å². The molecule has 4 rings (SSSR count). The highest BCUT2D eigenvalue weighted by atomic mass is 19.1. The molecule has 0 aliphatic carbocycles. The van der Waals surface area contributed by atoms with Crippen LogP contribution >= 0.6 is 0 Å². The molecular weight excluding hydrogens is 444 g/mol.